The zero-order valence-electron chi connectivity index (χ0n) is 15.8. The Kier molecular flexibility index (Phi) is 6.01. The third kappa shape index (κ3) is 4.80. The predicted molar refractivity (Wildman–Crippen MR) is 110 cm³/mol. The third-order valence-electron chi connectivity index (χ3n) is 4.39. The van der Waals surface area contributed by atoms with E-state index >= 15 is 0 Å². The van der Waals surface area contributed by atoms with Crippen molar-refractivity contribution in [2.24, 2.45) is 0 Å². The second-order valence-corrected chi connectivity index (χ2v) is 7.66. The van der Waals surface area contributed by atoms with Crippen LogP contribution in [0.1, 0.15) is 37.0 Å². The molecule has 1 heterocycles. The first kappa shape index (κ1) is 19.2. The molecule has 1 aliphatic heterocycles. The monoisotopic (exact) mass is 381 g/mol. The topological polar surface area (TPSA) is 46.6 Å². The molecule has 0 bridgehead atoms. The molecule has 0 radical (unpaired) electrons. The Hall–Kier alpha value is -2.53. The lowest BCUT2D eigenvalue weighted by molar-refractivity contribution is -0.123. The molecule has 140 valence electrons. The zero-order valence-corrected chi connectivity index (χ0v) is 16.6. The lowest BCUT2D eigenvalue weighted by Gasteiger charge is -2.13. The summed E-state index contributed by atoms with van der Waals surface area (Å²) in [6.45, 7) is 6.39. The van der Waals surface area contributed by atoms with Crippen molar-refractivity contribution >= 4 is 29.0 Å². The maximum Gasteiger partial charge on any atom is 0.293 e. The highest BCUT2D eigenvalue weighted by Crippen LogP contribution is 2.33. The van der Waals surface area contributed by atoms with Gasteiger partial charge in [-0.15, -0.1) is 0 Å². The second-order valence-electron chi connectivity index (χ2n) is 6.66. The molecule has 1 fully saturated rings. The molecule has 4 nitrogen and oxygen atoms in total. The van der Waals surface area contributed by atoms with Crippen molar-refractivity contribution in [3.05, 3.63) is 70.1 Å². The van der Waals surface area contributed by atoms with Crippen LogP contribution in [0.5, 0.6) is 5.75 Å². The van der Waals surface area contributed by atoms with Crippen molar-refractivity contribution < 1.29 is 14.3 Å². The van der Waals surface area contributed by atoms with E-state index in [1.54, 1.807) is 6.08 Å². The van der Waals surface area contributed by atoms with Crippen LogP contribution in [0.4, 0.5) is 4.79 Å². The summed E-state index contributed by atoms with van der Waals surface area (Å²) in [4.78, 5) is 26.7. The summed E-state index contributed by atoms with van der Waals surface area (Å²) in [6, 6.07) is 15.4. The first-order valence-corrected chi connectivity index (χ1v) is 9.85. The van der Waals surface area contributed by atoms with E-state index in [9.17, 15) is 9.59 Å². The lowest BCUT2D eigenvalue weighted by Crippen LogP contribution is -2.27. The number of rotatable bonds is 6. The van der Waals surface area contributed by atoms with Gasteiger partial charge in [0, 0.05) is 0 Å². The van der Waals surface area contributed by atoms with Crippen LogP contribution in [0.15, 0.2) is 53.4 Å². The van der Waals surface area contributed by atoms with Gasteiger partial charge in [-0.2, -0.15) is 0 Å². The summed E-state index contributed by atoms with van der Waals surface area (Å²) in [5, 5.41) is -0.232. The standard InChI is InChI=1S/C22H23NO3S/c1-4-16(3)26-19-10-8-17(9-11-19)13-20-21(24)23(22(25)27-20)14-18-7-5-6-15(2)12-18/h5-13,16H,4,14H2,1-3H3/b20-13-/t16-/m0/s1. The smallest absolute Gasteiger partial charge is 0.293 e. The molecule has 2 amide bonds. The van der Waals surface area contributed by atoms with Gasteiger partial charge in [-0.1, -0.05) is 48.9 Å². The van der Waals surface area contributed by atoms with Crippen LogP contribution in [0.25, 0.3) is 6.08 Å². The van der Waals surface area contributed by atoms with Gasteiger partial charge in [-0.25, -0.2) is 0 Å². The maximum absolute atomic E-state index is 12.7. The average molecular weight is 381 g/mol. The Morgan fingerprint density at radius 2 is 1.89 bits per heavy atom. The average Bonchev–Trinajstić information content (AvgIpc) is 2.91. The highest BCUT2D eigenvalue weighted by Gasteiger charge is 2.34. The number of hydrogen-bond donors (Lipinski definition) is 0. The zero-order chi connectivity index (χ0) is 19.4. The molecule has 1 atom stereocenters. The van der Waals surface area contributed by atoms with Crippen LogP contribution in [-0.4, -0.2) is 22.2 Å². The molecule has 0 aliphatic carbocycles. The summed E-state index contributed by atoms with van der Waals surface area (Å²) < 4.78 is 5.76. The fourth-order valence-electron chi connectivity index (χ4n) is 2.74. The molecule has 0 N–H and O–H groups in total. The quantitative estimate of drug-likeness (QED) is 0.628. The first-order chi connectivity index (χ1) is 13.0. The first-order valence-electron chi connectivity index (χ1n) is 9.04. The van der Waals surface area contributed by atoms with E-state index in [1.807, 2.05) is 62.4 Å². The van der Waals surface area contributed by atoms with Gasteiger partial charge < -0.3 is 4.74 Å². The normalized spacial score (nSPS) is 16.9. The Morgan fingerprint density at radius 1 is 1.15 bits per heavy atom. The van der Waals surface area contributed by atoms with Crippen LogP contribution >= 0.6 is 11.8 Å². The molecule has 27 heavy (non-hydrogen) atoms. The highest BCUT2D eigenvalue weighted by atomic mass is 32.2. The van der Waals surface area contributed by atoms with Gasteiger partial charge in [0.25, 0.3) is 11.1 Å². The number of carbonyl (C=O) groups is 2. The number of thioether (sulfide) groups is 1. The van der Waals surface area contributed by atoms with E-state index < -0.39 is 0 Å². The number of amides is 2. The molecule has 0 unspecified atom stereocenters. The second kappa shape index (κ2) is 8.44. The number of aryl methyl sites for hydroxylation is 1. The highest BCUT2D eigenvalue weighted by molar-refractivity contribution is 8.18. The number of ether oxygens (including phenoxy) is 1. The van der Waals surface area contributed by atoms with Gasteiger partial charge in [0.05, 0.1) is 17.6 Å². The van der Waals surface area contributed by atoms with Crippen molar-refractivity contribution in [3.63, 3.8) is 0 Å². The molecular weight excluding hydrogens is 358 g/mol. The van der Waals surface area contributed by atoms with Crippen molar-refractivity contribution in [3.8, 4) is 5.75 Å². The summed E-state index contributed by atoms with van der Waals surface area (Å²) in [5.74, 6) is 0.556. The molecule has 0 aromatic heterocycles. The van der Waals surface area contributed by atoms with Gasteiger partial charge in [-0.3, -0.25) is 14.5 Å². The van der Waals surface area contributed by atoms with Gasteiger partial charge in [0.15, 0.2) is 0 Å². The van der Waals surface area contributed by atoms with Crippen LogP contribution < -0.4 is 4.74 Å². The molecule has 2 aromatic carbocycles. The maximum atomic E-state index is 12.7. The molecule has 2 aromatic rings. The van der Waals surface area contributed by atoms with E-state index in [0.717, 1.165) is 40.6 Å². The summed E-state index contributed by atoms with van der Waals surface area (Å²) in [7, 11) is 0. The van der Waals surface area contributed by atoms with Gasteiger partial charge in [0.1, 0.15) is 5.75 Å². The van der Waals surface area contributed by atoms with Gasteiger partial charge in [-0.05, 0) is 61.4 Å². The molecule has 0 saturated carbocycles. The molecule has 1 aliphatic rings. The molecule has 0 spiro atoms. The van der Waals surface area contributed by atoms with Crippen molar-refractivity contribution in [1.29, 1.82) is 0 Å². The van der Waals surface area contributed by atoms with E-state index in [4.69, 9.17) is 4.74 Å². The van der Waals surface area contributed by atoms with E-state index in [1.165, 1.54) is 4.90 Å². The van der Waals surface area contributed by atoms with Crippen molar-refractivity contribution in [1.82, 2.24) is 4.90 Å². The minimum absolute atomic E-state index is 0.161. The number of carbonyl (C=O) groups excluding carboxylic acids is 2. The van der Waals surface area contributed by atoms with Crippen molar-refractivity contribution in [2.75, 3.05) is 0 Å². The Balaban J connectivity index is 1.72. The summed E-state index contributed by atoms with van der Waals surface area (Å²) in [6.07, 6.45) is 2.86. The van der Waals surface area contributed by atoms with Crippen LogP contribution in [-0.2, 0) is 11.3 Å². The van der Waals surface area contributed by atoms with Crippen LogP contribution in [0.2, 0.25) is 0 Å². The van der Waals surface area contributed by atoms with E-state index in [0.29, 0.717) is 11.4 Å². The Morgan fingerprint density at radius 3 is 2.56 bits per heavy atom. The van der Waals surface area contributed by atoms with E-state index in [2.05, 4.69) is 6.92 Å². The molecular formula is C22H23NO3S. The molecule has 1 saturated heterocycles. The number of nitrogens with zero attached hydrogens (tertiary/aromatic N) is 1. The SMILES string of the molecule is CC[C@H](C)Oc1ccc(/C=C2\SC(=O)N(Cc3cccc(C)c3)C2=O)cc1. The molecule has 3 rings (SSSR count). The summed E-state index contributed by atoms with van der Waals surface area (Å²) >= 11 is 0.986. The van der Waals surface area contributed by atoms with E-state index in [-0.39, 0.29) is 17.3 Å². The minimum Gasteiger partial charge on any atom is -0.491 e. The number of imide groups is 1. The fraction of sp³-hybridized carbons (Fsp3) is 0.273. The van der Waals surface area contributed by atoms with Crippen molar-refractivity contribution in [2.45, 2.75) is 39.8 Å². The number of benzene rings is 2. The third-order valence-corrected chi connectivity index (χ3v) is 5.29. The Bertz CT molecular complexity index is 873. The lowest BCUT2D eigenvalue weighted by atomic mass is 10.1. The van der Waals surface area contributed by atoms with Gasteiger partial charge in [0.2, 0.25) is 0 Å². The Labute approximate surface area is 164 Å². The van der Waals surface area contributed by atoms with Gasteiger partial charge >= 0.3 is 0 Å². The van der Waals surface area contributed by atoms with Crippen LogP contribution in [0.3, 0.4) is 0 Å². The fourth-order valence-corrected chi connectivity index (χ4v) is 3.58. The molecule has 5 heteroatoms. The number of hydrogen-bond acceptors (Lipinski definition) is 4. The minimum atomic E-state index is -0.244. The summed E-state index contributed by atoms with van der Waals surface area (Å²) in [5.41, 5.74) is 2.92. The largest absolute Gasteiger partial charge is 0.491 e. The van der Waals surface area contributed by atoms with Crippen LogP contribution in [0, 0.1) is 6.92 Å². The predicted octanol–water partition coefficient (Wildman–Crippen LogP) is 5.41.